The van der Waals surface area contributed by atoms with E-state index in [-0.39, 0.29) is 5.91 Å². The molecule has 1 aromatic carbocycles. The Balaban J connectivity index is 1.24. The molecule has 0 aliphatic heterocycles. The molecule has 8 heteroatoms. The van der Waals surface area contributed by atoms with Crippen LogP contribution in [0.5, 0.6) is 0 Å². The summed E-state index contributed by atoms with van der Waals surface area (Å²) in [7, 11) is 0. The highest BCUT2D eigenvalue weighted by atomic mass is 32.1. The highest BCUT2D eigenvalue weighted by molar-refractivity contribution is 7.13. The summed E-state index contributed by atoms with van der Waals surface area (Å²) in [5.41, 5.74) is 4.25. The number of nitrogens with zero attached hydrogens (tertiary/aromatic N) is 5. The largest absolute Gasteiger partial charge is 0.349 e. The lowest BCUT2D eigenvalue weighted by Gasteiger charge is -2.07. The number of hydrogen-bond donors (Lipinski definition) is 1. The SMILES string of the molecule is O=C(NCCn1nc(-c2cnccn2)cc1C1CC1)c1csc(-c2ccccc2)n1. The first-order chi connectivity index (χ1) is 14.8. The molecule has 5 rings (SSSR count). The van der Waals surface area contributed by atoms with Crippen LogP contribution >= 0.6 is 11.3 Å². The lowest BCUT2D eigenvalue weighted by molar-refractivity contribution is 0.0947. The van der Waals surface area contributed by atoms with Crippen molar-refractivity contribution in [3.63, 3.8) is 0 Å². The van der Waals surface area contributed by atoms with E-state index in [9.17, 15) is 4.79 Å². The van der Waals surface area contributed by atoms with Gasteiger partial charge in [-0.05, 0) is 18.9 Å². The molecule has 3 aromatic heterocycles. The average Bonchev–Trinajstić information content (AvgIpc) is 3.35. The van der Waals surface area contributed by atoms with Gasteiger partial charge in [-0.2, -0.15) is 5.10 Å². The Morgan fingerprint density at radius 2 is 2.03 bits per heavy atom. The molecular formula is C22H20N6OS. The minimum absolute atomic E-state index is 0.164. The molecule has 30 heavy (non-hydrogen) atoms. The molecule has 1 aliphatic carbocycles. The Morgan fingerprint density at radius 3 is 2.80 bits per heavy atom. The molecule has 3 heterocycles. The van der Waals surface area contributed by atoms with Crippen molar-refractivity contribution in [2.45, 2.75) is 25.3 Å². The first-order valence-electron chi connectivity index (χ1n) is 9.91. The van der Waals surface area contributed by atoms with E-state index >= 15 is 0 Å². The fourth-order valence-electron chi connectivity index (χ4n) is 3.33. The topological polar surface area (TPSA) is 85.6 Å². The van der Waals surface area contributed by atoms with Crippen LogP contribution in [0.2, 0.25) is 0 Å². The number of thiazole rings is 1. The normalized spacial score (nSPS) is 13.3. The molecule has 1 N–H and O–H groups in total. The van der Waals surface area contributed by atoms with Gasteiger partial charge in [-0.3, -0.25) is 19.4 Å². The van der Waals surface area contributed by atoms with Gasteiger partial charge in [-0.25, -0.2) is 4.98 Å². The minimum atomic E-state index is -0.164. The zero-order valence-electron chi connectivity index (χ0n) is 16.2. The third-order valence-corrected chi connectivity index (χ3v) is 5.89. The Labute approximate surface area is 177 Å². The summed E-state index contributed by atoms with van der Waals surface area (Å²) in [6.07, 6.45) is 7.40. The van der Waals surface area contributed by atoms with Gasteiger partial charge in [-0.15, -0.1) is 11.3 Å². The predicted molar refractivity (Wildman–Crippen MR) is 115 cm³/mol. The highest BCUT2D eigenvalue weighted by Gasteiger charge is 2.28. The van der Waals surface area contributed by atoms with E-state index in [4.69, 9.17) is 5.10 Å². The van der Waals surface area contributed by atoms with Gasteiger partial charge in [0.25, 0.3) is 5.91 Å². The Kier molecular flexibility index (Phi) is 5.06. The summed E-state index contributed by atoms with van der Waals surface area (Å²) in [6.45, 7) is 1.09. The van der Waals surface area contributed by atoms with Crippen LogP contribution in [-0.4, -0.2) is 37.2 Å². The van der Waals surface area contributed by atoms with Crippen molar-refractivity contribution in [1.29, 1.82) is 0 Å². The Hall–Kier alpha value is -3.39. The molecule has 0 saturated heterocycles. The van der Waals surface area contributed by atoms with Crippen LogP contribution in [0.1, 0.15) is 34.9 Å². The summed E-state index contributed by atoms with van der Waals surface area (Å²) in [5, 5.41) is 10.3. The number of nitrogens with one attached hydrogen (secondary N) is 1. The zero-order chi connectivity index (χ0) is 20.3. The monoisotopic (exact) mass is 416 g/mol. The van der Waals surface area contributed by atoms with Crippen LogP contribution in [0, 0.1) is 0 Å². The highest BCUT2D eigenvalue weighted by Crippen LogP contribution is 2.41. The van der Waals surface area contributed by atoms with E-state index in [0.29, 0.717) is 24.7 Å². The standard InChI is InChI=1S/C22H20N6OS/c29-21(19-14-30-22(26-19)16-4-2-1-3-5-16)25-10-11-28-20(15-6-7-15)12-17(27-28)18-13-23-8-9-24-18/h1-5,8-9,12-15H,6-7,10-11H2,(H,25,29). The number of hydrogen-bond acceptors (Lipinski definition) is 6. The number of aromatic nitrogens is 5. The minimum Gasteiger partial charge on any atom is -0.349 e. The van der Waals surface area contributed by atoms with Crippen molar-refractivity contribution in [2.75, 3.05) is 6.54 Å². The van der Waals surface area contributed by atoms with E-state index < -0.39 is 0 Å². The molecule has 1 saturated carbocycles. The maximum absolute atomic E-state index is 12.5. The van der Waals surface area contributed by atoms with E-state index in [1.54, 1.807) is 24.0 Å². The number of carbonyl (C=O) groups is 1. The number of rotatable bonds is 7. The van der Waals surface area contributed by atoms with Gasteiger partial charge >= 0.3 is 0 Å². The third kappa shape index (κ3) is 3.99. The average molecular weight is 417 g/mol. The first kappa shape index (κ1) is 18.6. The van der Waals surface area contributed by atoms with E-state index in [0.717, 1.165) is 22.0 Å². The van der Waals surface area contributed by atoms with Gasteiger partial charge in [-0.1, -0.05) is 30.3 Å². The summed E-state index contributed by atoms with van der Waals surface area (Å²) in [4.78, 5) is 25.5. The van der Waals surface area contributed by atoms with Crippen LogP contribution < -0.4 is 5.32 Å². The van der Waals surface area contributed by atoms with Crippen LogP contribution in [-0.2, 0) is 6.54 Å². The molecule has 0 spiro atoms. The maximum atomic E-state index is 12.5. The number of amides is 1. The van der Waals surface area contributed by atoms with Crippen LogP contribution in [0.4, 0.5) is 0 Å². The summed E-state index contributed by atoms with van der Waals surface area (Å²) in [6, 6.07) is 12.0. The molecule has 4 aromatic rings. The smallest absolute Gasteiger partial charge is 0.270 e. The molecule has 7 nitrogen and oxygen atoms in total. The van der Waals surface area contributed by atoms with Gasteiger partial charge in [0, 0.05) is 41.5 Å². The van der Waals surface area contributed by atoms with Crippen molar-refractivity contribution in [3.8, 4) is 22.0 Å². The Morgan fingerprint density at radius 1 is 1.17 bits per heavy atom. The van der Waals surface area contributed by atoms with Crippen LogP contribution in [0.15, 0.2) is 60.4 Å². The second-order valence-electron chi connectivity index (χ2n) is 7.20. The number of carbonyl (C=O) groups excluding carboxylic acids is 1. The van der Waals surface area contributed by atoms with Gasteiger partial charge in [0.1, 0.15) is 22.1 Å². The van der Waals surface area contributed by atoms with Crippen molar-refractivity contribution in [2.24, 2.45) is 0 Å². The molecule has 0 radical (unpaired) electrons. The van der Waals surface area contributed by atoms with Crippen LogP contribution in [0.3, 0.4) is 0 Å². The summed E-state index contributed by atoms with van der Waals surface area (Å²) >= 11 is 1.47. The van der Waals surface area contributed by atoms with Crippen molar-refractivity contribution in [3.05, 3.63) is 71.8 Å². The second kappa shape index (κ2) is 8.16. The third-order valence-electron chi connectivity index (χ3n) is 5.00. The molecule has 150 valence electrons. The van der Waals surface area contributed by atoms with Gasteiger partial charge in [0.05, 0.1) is 12.7 Å². The fourth-order valence-corrected chi connectivity index (χ4v) is 4.14. The molecule has 0 bridgehead atoms. The van der Waals surface area contributed by atoms with Gasteiger partial charge in [0.2, 0.25) is 0 Å². The van der Waals surface area contributed by atoms with Gasteiger partial charge in [0.15, 0.2) is 0 Å². The predicted octanol–water partition coefficient (Wildman–Crippen LogP) is 3.77. The lowest BCUT2D eigenvalue weighted by Crippen LogP contribution is -2.28. The molecule has 1 fully saturated rings. The number of benzene rings is 1. The maximum Gasteiger partial charge on any atom is 0.270 e. The van der Waals surface area contributed by atoms with Gasteiger partial charge < -0.3 is 5.32 Å². The van der Waals surface area contributed by atoms with E-state index in [1.807, 2.05) is 35.0 Å². The summed E-state index contributed by atoms with van der Waals surface area (Å²) in [5.74, 6) is 0.383. The molecule has 0 unspecified atom stereocenters. The van der Waals surface area contributed by atoms with Crippen molar-refractivity contribution in [1.82, 2.24) is 30.0 Å². The zero-order valence-corrected chi connectivity index (χ0v) is 17.0. The van der Waals surface area contributed by atoms with Crippen molar-refractivity contribution >= 4 is 17.2 Å². The quantitative estimate of drug-likeness (QED) is 0.496. The first-order valence-corrected chi connectivity index (χ1v) is 10.8. The summed E-state index contributed by atoms with van der Waals surface area (Å²) < 4.78 is 1.98. The molecule has 1 amide bonds. The van der Waals surface area contributed by atoms with Crippen LogP contribution in [0.25, 0.3) is 22.0 Å². The molecule has 1 aliphatic rings. The van der Waals surface area contributed by atoms with E-state index in [2.05, 4.69) is 26.3 Å². The van der Waals surface area contributed by atoms with E-state index in [1.165, 1.54) is 29.9 Å². The molecule has 0 atom stereocenters. The molecular weight excluding hydrogens is 396 g/mol. The Bertz CT molecular complexity index is 1150. The fraction of sp³-hybridized carbons (Fsp3) is 0.227. The lowest BCUT2D eigenvalue weighted by atomic mass is 10.2. The van der Waals surface area contributed by atoms with Crippen molar-refractivity contribution < 1.29 is 4.79 Å². The second-order valence-corrected chi connectivity index (χ2v) is 8.06.